The highest BCUT2D eigenvalue weighted by Crippen LogP contribution is 2.18. The minimum absolute atomic E-state index is 0.0884. The van der Waals surface area contributed by atoms with E-state index in [-0.39, 0.29) is 12.2 Å². The quantitative estimate of drug-likeness (QED) is 0.119. The summed E-state index contributed by atoms with van der Waals surface area (Å²) in [7, 11) is 0. The summed E-state index contributed by atoms with van der Waals surface area (Å²) in [6.45, 7) is 0. The molecule has 0 radical (unpaired) electrons. The molecule has 2 aromatic rings. The molecule has 0 saturated heterocycles. The predicted octanol–water partition coefficient (Wildman–Crippen LogP) is -2.14. The lowest BCUT2D eigenvalue weighted by Crippen LogP contribution is -2.58. The number of carbonyl (C=O) groups excluding carboxylic acids is 4. The average Bonchev–Trinajstić information content (AvgIpc) is 3.23. The average molecular weight is 537 g/mol. The Hall–Kier alpha value is -4.11. The van der Waals surface area contributed by atoms with E-state index in [4.69, 9.17) is 21.7 Å². The maximum atomic E-state index is 12.8. The summed E-state index contributed by atoms with van der Waals surface area (Å²) in [5.41, 5.74) is 12.8. The van der Waals surface area contributed by atoms with Gasteiger partial charge in [0.15, 0.2) is 0 Å². The Balaban J connectivity index is 2.13. The van der Waals surface area contributed by atoms with E-state index < -0.39 is 72.6 Å². The molecule has 0 bridgehead atoms. The molecule has 37 heavy (non-hydrogen) atoms. The third kappa shape index (κ3) is 8.50. The van der Waals surface area contributed by atoms with Gasteiger partial charge >= 0.3 is 11.9 Å². The monoisotopic (exact) mass is 536 g/mol. The number of nitrogens with one attached hydrogen (secondary N) is 4. The van der Waals surface area contributed by atoms with Crippen molar-refractivity contribution < 1.29 is 39.0 Å². The first-order chi connectivity index (χ1) is 17.4. The number of hydrogen-bond acceptors (Lipinski definition) is 8. The van der Waals surface area contributed by atoms with Gasteiger partial charge in [-0.2, -0.15) is 12.6 Å². The highest BCUT2D eigenvalue weighted by Gasteiger charge is 2.32. The van der Waals surface area contributed by atoms with Crippen LogP contribution in [0.25, 0.3) is 10.9 Å². The number of H-pyrrole nitrogens is 1. The number of fused-ring (bicyclic) bond motifs is 1. The molecule has 0 aliphatic rings. The molecule has 0 aliphatic heterocycles. The number of carboxylic acids is 2. The maximum Gasteiger partial charge on any atom is 0.327 e. The van der Waals surface area contributed by atoms with E-state index in [1.807, 2.05) is 24.3 Å². The number of nitrogens with two attached hydrogens (primary N) is 2. The van der Waals surface area contributed by atoms with Gasteiger partial charge in [0.1, 0.15) is 18.1 Å². The Labute approximate surface area is 215 Å². The minimum atomic E-state index is -1.72. The van der Waals surface area contributed by atoms with Crippen LogP contribution < -0.4 is 27.4 Å². The third-order valence-electron chi connectivity index (χ3n) is 5.30. The summed E-state index contributed by atoms with van der Waals surface area (Å²) >= 11 is 3.80. The number of hydrogen-bond donors (Lipinski definition) is 9. The molecule has 200 valence electrons. The summed E-state index contributed by atoms with van der Waals surface area (Å²) in [6.07, 6.45) is 0.196. The van der Waals surface area contributed by atoms with Crippen molar-refractivity contribution in [1.29, 1.82) is 0 Å². The SMILES string of the molecule is NC(=O)CC(NC(=O)C(N)Cc1c[nH]c2ccccc12)C(=O)NC(CC(=O)O)C(=O)NC(CS)C(=O)O. The van der Waals surface area contributed by atoms with Crippen molar-refractivity contribution in [2.45, 2.75) is 43.4 Å². The van der Waals surface area contributed by atoms with Gasteiger partial charge in [0.05, 0.1) is 18.9 Å². The number of aromatic nitrogens is 1. The summed E-state index contributed by atoms with van der Waals surface area (Å²) in [5, 5.41) is 25.5. The van der Waals surface area contributed by atoms with Crippen molar-refractivity contribution in [3.05, 3.63) is 36.0 Å². The molecular formula is C22H28N6O8S. The van der Waals surface area contributed by atoms with E-state index in [0.29, 0.717) is 0 Å². The van der Waals surface area contributed by atoms with E-state index in [1.54, 1.807) is 6.20 Å². The van der Waals surface area contributed by atoms with E-state index in [9.17, 15) is 28.8 Å². The molecule has 4 unspecified atom stereocenters. The smallest absolute Gasteiger partial charge is 0.327 e. The lowest BCUT2D eigenvalue weighted by molar-refractivity contribution is -0.143. The van der Waals surface area contributed by atoms with E-state index in [1.165, 1.54) is 0 Å². The van der Waals surface area contributed by atoms with Gasteiger partial charge in [0.2, 0.25) is 23.6 Å². The molecular weight excluding hydrogens is 508 g/mol. The van der Waals surface area contributed by atoms with Crippen molar-refractivity contribution in [2.24, 2.45) is 11.5 Å². The Bertz CT molecular complexity index is 1180. The zero-order valence-corrected chi connectivity index (χ0v) is 20.4. The van der Waals surface area contributed by atoms with Crippen LogP contribution >= 0.6 is 12.6 Å². The number of aliphatic carboxylic acids is 2. The van der Waals surface area contributed by atoms with Gasteiger partial charge in [-0.05, 0) is 18.1 Å². The van der Waals surface area contributed by atoms with Crippen LogP contribution in [0.1, 0.15) is 18.4 Å². The number of amides is 4. The van der Waals surface area contributed by atoms with Crippen LogP contribution in [0.2, 0.25) is 0 Å². The molecule has 10 N–H and O–H groups in total. The lowest BCUT2D eigenvalue weighted by atomic mass is 10.0. The van der Waals surface area contributed by atoms with Crippen molar-refractivity contribution in [2.75, 3.05) is 5.75 Å². The normalized spacial score (nSPS) is 14.1. The molecule has 0 aliphatic carbocycles. The number of rotatable bonds is 14. The second kappa shape index (κ2) is 13.3. The Kier molecular flexibility index (Phi) is 10.4. The summed E-state index contributed by atoms with van der Waals surface area (Å²) < 4.78 is 0. The molecule has 4 amide bonds. The zero-order valence-electron chi connectivity index (χ0n) is 19.5. The fraction of sp³-hybridized carbons (Fsp3) is 0.364. The summed E-state index contributed by atoms with van der Waals surface area (Å²) in [5.74, 6) is -7.18. The van der Waals surface area contributed by atoms with E-state index in [0.717, 1.165) is 16.5 Å². The van der Waals surface area contributed by atoms with Crippen LogP contribution in [0, 0.1) is 0 Å². The molecule has 0 spiro atoms. The largest absolute Gasteiger partial charge is 0.481 e. The molecule has 14 nitrogen and oxygen atoms in total. The molecule has 15 heteroatoms. The molecule has 4 atom stereocenters. The Morgan fingerprint density at radius 3 is 2.03 bits per heavy atom. The number of para-hydroxylation sites is 1. The van der Waals surface area contributed by atoms with Gasteiger partial charge in [0, 0.05) is 22.9 Å². The van der Waals surface area contributed by atoms with Gasteiger partial charge in [0.25, 0.3) is 0 Å². The Morgan fingerprint density at radius 1 is 0.892 bits per heavy atom. The van der Waals surface area contributed by atoms with Crippen LogP contribution in [0.15, 0.2) is 30.5 Å². The molecule has 2 rings (SSSR count). The van der Waals surface area contributed by atoms with Gasteiger partial charge < -0.3 is 42.6 Å². The molecule has 1 aromatic carbocycles. The van der Waals surface area contributed by atoms with Crippen LogP contribution in [-0.4, -0.2) is 80.7 Å². The number of carbonyl (C=O) groups is 6. The van der Waals surface area contributed by atoms with Crippen LogP contribution in [0.3, 0.4) is 0 Å². The second-order valence-corrected chi connectivity index (χ2v) is 8.51. The van der Waals surface area contributed by atoms with Crippen molar-refractivity contribution in [3.63, 3.8) is 0 Å². The van der Waals surface area contributed by atoms with E-state index in [2.05, 4.69) is 33.6 Å². The fourth-order valence-electron chi connectivity index (χ4n) is 3.43. The maximum absolute atomic E-state index is 12.8. The van der Waals surface area contributed by atoms with Crippen molar-refractivity contribution >= 4 is 59.1 Å². The van der Waals surface area contributed by atoms with Crippen LogP contribution in [0.4, 0.5) is 0 Å². The fourth-order valence-corrected chi connectivity index (χ4v) is 3.68. The first-order valence-electron chi connectivity index (χ1n) is 11.0. The van der Waals surface area contributed by atoms with Gasteiger partial charge in [-0.3, -0.25) is 24.0 Å². The predicted molar refractivity (Wildman–Crippen MR) is 133 cm³/mol. The number of primary amides is 1. The number of carboxylic acid groups (broad SMARTS) is 2. The first kappa shape index (κ1) is 29.1. The first-order valence-corrected chi connectivity index (χ1v) is 11.6. The molecule has 0 fully saturated rings. The molecule has 1 heterocycles. The topological polar surface area (TPSA) is 247 Å². The van der Waals surface area contributed by atoms with Gasteiger partial charge in [-0.15, -0.1) is 0 Å². The summed E-state index contributed by atoms with van der Waals surface area (Å²) in [4.78, 5) is 75.0. The number of aromatic amines is 1. The zero-order chi connectivity index (χ0) is 27.7. The minimum Gasteiger partial charge on any atom is -0.481 e. The number of thiol groups is 1. The third-order valence-corrected chi connectivity index (χ3v) is 5.66. The van der Waals surface area contributed by atoms with Crippen molar-refractivity contribution in [1.82, 2.24) is 20.9 Å². The highest BCUT2D eigenvalue weighted by atomic mass is 32.1. The van der Waals surface area contributed by atoms with Crippen LogP contribution in [0.5, 0.6) is 0 Å². The van der Waals surface area contributed by atoms with Gasteiger partial charge in [-0.25, -0.2) is 4.79 Å². The number of benzene rings is 1. The highest BCUT2D eigenvalue weighted by molar-refractivity contribution is 7.80. The second-order valence-electron chi connectivity index (χ2n) is 8.14. The Morgan fingerprint density at radius 2 is 1.46 bits per heavy atom. The van der Waals surface area contributed by atoms with Crippen LogP contribution in [-0.2, 0) is 35.2 Å². The molecule has 0 saturated carbocycles. The standard InChI is InChI=1S/C22H28N6O8S/c23-12(5-10-8-25-13-4-2-1-3-11(10)13)19(32)26-14(6-17(24)29)20(33)27-15(7-18(30)31)21(34)28-16(9-37)22(35)36/h1-4,8,12,14-16,25,37H,5-7,9,23H2,(H2,24,29)(H,26,32)(H,27,33)(H,28,34)(H,30,31)(H,35,36). The van der Waals surface area contributed by atoms with Crippen molar-refractivity contribution in [3.8, 4) is 0 Å². The lowest BCUT2D eigenvalue weighted by Gasteiger charge is -2.23. The van der Waals surface area contributed by atoms with E-state index >= 15 is 0 Å². The van der Waals surface area contributed by atoms with Gasteiger partial charge in [-0.1, -0.05) is 18.2 Å². The molecule has 1 aromatic heterocycles. The summed E-state index contributed by atoms with van der Waals surface area (Å²) in [6, 6.07) is 1.45.